The zero-order valence-electron chi connectivity index (χ0n) is 17.4. The van der Waals surface area contributed by atoms with Crippen LogP contribution in [-0.4, -0.2) is 33.4 Å². The second-order valence-electron chi connectivity index (χ2n) is 7.72. The third kappa shape index (κ3) is 3.90. The van der Waals surface area contributed by atoms with Gasteiger partial charge in [0, 0.05) is 5.56 Å². The fourth-order valence-corrected chi connectivity index (χ4v) is 3.70. The van der Waals surface area contributed by atoms with Crippen LogP contribution in [0, 0.1) is 0 Å². The highest BCUT2D eigenvalue weighted by atomic mass is 16.5. The largest absolute Gasteiger partial charge is 0.482 e. The Morgan fingerprint density at radius 3 is 2.81 bits per heavy atom. The molecule has 1 atom stereocenters. The molecule has 0 aliphatic carbocycles. The Labute approximate surface area is 184 Å². The molecular weight excluding hydrogens is 406 g/mol. The van der Waals surface area contributed by atoms with Gasteiger partial charge in [0.05, 0.1) is 23.8 Å². The summed E-state index contributed by atoms with van der Waals surface area (Å²) in [6.45, 7) is 2.48. The Hall–Kier alpha value is -4.20. The van der Waals surface area contributed by atoms with Crippen molar-refractivity contribution in [1.29, 1.82) is 0 Å². The van der Waals surface area contributed by atoms with Crippen molar-refractivity contribution in [3.63, 3.8) is 0 Å². The molecule has 0 saturated carbocycles. The summed E-state index contributed by atoms with van der Waals surface area (Å²) in [6.07, 6.45) is 0. The van der Waals surface area contributed by atoms with Crippen LogP contribution in [0.3, 0.4) is 0 Å². The summed E-state index contributed by atoms with van der Waals surface area (Å²) >= 11 is 0. The molecule has 1 aliphatic heterocycles. The van der Waals surface area contributed by atoms with Crippen LogP contribution >= 0.6 is 0 Å². The summed E-state index contributed by atoms with van der Waals surface area (Å²) in [5.74, 6) is 0.265. The molecule has 0 spiro atoms. The third-order valence-electron chi connectivity index (χ3n) is 5.45. The Kier molecular flexibility index (Phi) is 5.03. The van der Waals surface area contributed by atoms with Gasteiger partial charge >= 0.3 is 0 Å². The van der Waals surface area contributed by atoms with Gasteiger partial charge in [-0.25, -0.2) is 4.68 Å². The summed E-state index contributed by atoms with van der Waals surface area (Å²) < 4.78 is 7.22. The predicted octanol–water partition coefficient (Wildman–Crippen LogP) is 3.30. The Morgan fingerprint density at radius 2 is 1.97 bits per heavy atom. The number of fused-ring (bicyclic) bond motifs is 2. The minimum atomic E-state index is -0.243. The van der Waals surface area contributed by atoms with Crippen LogP contribution in [0.4, 0.5) is 5.69 Å². The smallest absolute Gasteiger partial charge is 0.262 e. The lowest BCUT2D eigenvalue weighted by Gasteiger charge is -2.21. The molecule has 2 N–H and O–H groups in total. The summed E-state index contributed by atoms with van der Waals surface area (Å²) in [4.78, 5) is 24.3. The van der Waals surface area contributed by atoms with Crippen molar-refractivity contribution < 1.29 is 14.3 Å². The number of carbonyl (C=O) groups is 2. The molecule has 2 amide bonds. The number of nitrogens with zero attached hydrogens (tertiary/aromatic N) is 3. The molecule has 0 radical (unpaired) electrons. The van der Waals surface area contributed by atoms with Gasteiger partial charge < -0.3 is 15.4 Å². The van der Waals surface area contributed by atoms with Crippen LogP contribution in [0.2, 0.25) is 0 Å². The third-order valence-corrected chi connectivity index (χ3v) is 5.45. The molecule has 1 aliphatic rings. The second-order valence-corrected chi connectivity index (χ2v) is 7.72. The van der Waals surface area contributed by atoms with Gasteiger partial charge in [0.1, 0.15) is 11.3 Å². The average Bonchev–Trinajstić information content (AvgIpc) is 3.21. The van der Waals surface area contributed by atoms with E-state index in [4.69, 9.17) is 4.74 Å². The Bertz CT molecular complexity index is 1310. The van der Waals surface area contributed by atoms with Crippen LogP contribution in [0.15, 0.2) is 66.7 Å². The van der Waals surface area contributed by atoms with E-state index in [9.17, 15) is 9.59 Å². The first-order valence-corrected chi connectivity index (χ1v) is 10.3. The number of nitrogens with one attached hydrogen (secondary N) is 2. The Balaban J connectivity index is 1.26. The minimum absolute atomic E-state index is 0.0156. The highest BCUT2D eigenvalue weighted by molar-refractivity contribution is 5.96. The van der Waals surface area contributed by atoms with E-state index in [1.165, 1.54) is 0 Å². The molecule has 0 saturated heterocycles. The van der Waals surface area contributed by atoms with Crippen LogP contribution in [0.5, 0.6) is 5.75 Å². The molecule has 1 aromatic heterocycles. The molecular formula is C24H21N5O3. The van der Waals surface area contributed by atoms with E-state index in [1.54, 1.807) is 18.2 Å². The molecule has 8 nitrogen and oxygen atoms in total. The number of anilines is 1. The number of ether oxygens (including phenoxy) is 1. The van der Waals surface area contributed by atoms with Gasteiger partial charge in [-0.15, -0.1) is 5.10 Å². The van der Waals surface area contributed by atoms with Crippen molar-refractivity contribution in [2.75, 3.05) is 11.9 Å². The number of hydrogen-bond donors (Lipinski definition) is 2. The summed E-state index contributed by atoms with van der Waals surface area (Å²) in [6, 6.07) is 20.5. The maximum absolute atomic E-state index is 12.7. The van der Waals surface area contributed by atoms with Crippen molar-refractivity contribution >= 4 is 28.5 Å². The number of benzene rings is 3. The normalized spacial score (nSPS) is 13.7. The monoisotopic (exact) mass is 427 g/mol. The van der Waals surface area contributed by atoms with Gasteiger partial charge in [0.2, 0.25) is 0 Å². The van der Waals surface area contributed by atoms with Gasteiger partial charge in [0.25, 0.3) is 11.8 Å². The van der Waals surface area contributed by atoms with Gasteiger partial charge in [0.15, 0.2) is 6.61 Å². The van der Waals surface area contributed by atoms with E-state index in [0.29, 0.717) is 23.5 Å². The van der Waals surface area contributed by atoms with Crippen LogP contribution in [0.25, 0.3) is 11.0 Å². The predicted molar refractivity (Wildman–Crippen MR) is 120 cm³/mol. The molecule has 5 rings (SSSR count). The number of amides is 2. The summed E-state index contributed by atoms with van der Waals surface area (Å²) in [5.41, 5.74) is 4.90. The maximum Gasteiger partial charge on any atom is 0.262 e. The minimum Gasteiger partial charge on any atom is -0.482 e. The topological polar surface area (TPSA) is 98.1 Å². The van der Waals surface area contributed by atoms with Gasteiger partial charge in [-0.3, -0.25) is 9.59 Å². The summed E-state index contributed by atoms with van der Waals surface area (Å²) in [5, 5.41) is 14.2. The number of carbonyl (C=O) groups excluding carboxylic acids is 2. The van der Waals surface area contributed by atoms with Crippen molar-refractivity contribution in [1.82, 2.24) is 20.3 Å². The first-order chi connectivity index (χ1) is 15.6. The van der Waals surface area contributed by atoms with Crippen molar-refractivity contribution in [3.05, 3.63) is 83.4 Å². The number of aromatic nitrogens is 3. The molecule has 0 bridgehead atoms. The molecule has 1 unspecified atom stereocenters. The highest BCUT2D eigenvalue weighted by Crippen LogP contribution is 2.30. The molecule has 8 heteroatoms. The first kappa shape index (κ1) is 19.7. The SMILES string of the molecule is CC(NC(=O)c1ccc(Cn2nnc3ccccc32)cc1)c1ccc2c(c1)NC(=O)CO2. The number of para-hydroxylation sites is 1. The van der Waals surface area contributed by atoms with E-state index < -0.39 is 0 Å². The standard InChI is InChI=1S/C24H21N5O3/c1-15(18-10-11-22-20(12-18)26-23(30)14-32-22)25-24(31)17-8-6-16(7-9-17)13-29-21-5-3-2-4-19(21)27-28-29/h2-12,15H,13-14H2,1H3,(H,25,31)(H,26,30). The van der Waals surface area contributed by atoms with Crippen LogP contribution in [-0.2, 0) is 11.3 Å². The van der Waals surface area contributed by atoms with E-state index in [1.807, 2.05) is 60.1 Å². The molecule has 160 valence electrons. The fourth-order valence-electron chi connectivity index (χ4n) is 3.70. The average molecular weight is 427 g/mol. The van der Waals surface area contributed by atoms with E-state index in [2.05, 4.69) is 20.9 Å². The van der Waals surface area contributed by atoms with E-state index in [0.717, 1.165) is 22.2 Å². The lowest BCUT2D eigenvalue weighted by molar-refractivity contribution is -0.118. The van der Waals surface area contributed by atoms with Crippen molar-refractivity contribution in [2.45, 2.75) is 19.5 Å². The van der Waals surface area contributed by atoms with Crippen LogP contribution in [0.1, 0.15) is 34.5 Å². The molecule has 4 aromatic rings. The molecule has 2 heterocycles. The molecule has 3 aromatic carbocycles. The number of rotatable bonds is 5. The van der Waals surface area contributed by atoms with E-state index in [-0.39, 0.29) is 24.5 Å². The first-order valence-electron chi connectivity index (χ1n) is 10.3. The fraction of sp³-hybridized carbons (Fsp3) is 0.167. The maximum atomic E-state index is 12.7. The zero-order valence-corrected chi connectivity index (χ0v) is 17.4. The van der Waals surface area contributed by atoms with Gasteiger partial charge in [-0.1, -0.05) is 35.5 Å². The van der Waals surface area contributed by atoms with Crippen molar-refractivity contribution in [2.24, 2.45) is 0 Å². The molecule has 0 fully saturated rings. The summed E-state index contributed by atoms with van der Waals surface area (Å²) in [7, 11) is 0. The molecule has 32 heavy (non-hydrogen) atoms. The van der Waals surface area contributed by atoms with Crippen molar-refractivity contribution in [3.8, 4) is 5.75 Å². The Morgan fingerprint density at radius 1 is 1.16 bits per heavy atom. The lowest BCUT2D eigenvalue weighted by atomic mass is 10.1. The highest BCUT2D eigenvalue weighted by Gasteiger charge is 2.18. The van der Waals surface area contributed by atoms with Gasteiger partial charge in [-0.05, 0) is 54.4 Å². The lowest BCUT2D eigenvalue weighted by Crippen LogP contribution is -2.28. The number of hydrogen-bond acceptors (Lipinski definition) is 5. The van der Waals surface area contributed by atoms with Crippen LogP contribution < -0.4 is 15.4 Å². The second kappa shape index (κ2) is 8.14. The quantitative estimate of drug-likeness (QED) is 0.509. The van der Waals surface area contributed by atoms with E-state index >= 15 is 0 Å². The van der Waals surface area contributed by atoms with Gasteiger partial charge in [-0.2, -0.15) is 0 Å². The zero-order chi connectivity index (χ0) is 22.1.